The van der Waals surface area contributed by atoms with E-state index in [9.17, 15) is 10.2 Å². The Morgan fingerprint density at radius 1 is 1.06 bits per heavy atom. The molecule has 0 atom stereocenters. The highest BCUT2D eigenvalue weighted by atomic mass is 16.3. The molecule has 1 aliphatic rings. The Bertz CT molecular complexity index is 397. The molecule has 100 valence electrons. The van der Waals surface area contributed by atoms with Gasteiger partial charge in [0.05, 0.1) is 5.60 Å². The third kappa shape index (κ3) is 2.68. The third-order valence-corrected chi connectivity index (χ3v) is 3.94. The van der Waals surface area contributed by atoms with E-state index in [0.717, 1.165) is 31.5 Å². The molecule has 0 amide bonds. The van der Waals surface area contributed by atoms with E-state index in [0.29, 0.717) is 0 Å². The monoisotopic (exact) mass is 249 g/mol. The zero-order valence-electron chi connectivity index (χ0n) is 11.5. The summed E-state index contributed by atoms with van der Waals surface area (Å²) in [5.74, 6) is 0.245. The number of piperidine rings is 1. The molecular weight excluding hydrogens is 226 g/mol. The number of rotatable bonds is 1. The number of nitrogens with zero attached hydrogens (tertiary/aromatic N) is 1. The molecule has 1 saturated heterocycles. The van der Waals surface area contributed by atoms with Crippen molar-refractivity contribution < 1.29 is 10.2 Å². The van der Waals surface area contributed by atoms with E-state index in [-0.39, 0.29) is 11.3 Å². The van der Waals surface area contributed by atoms with Crippen molar-refractivity contribution in [1.29, 1.82) is 0 Å². The van der Waals surface area contributed by atoms with Gasteiger partial charge in [0.1, 0.15) is 5.75 Å². The molecule has 1 heterocycles. The maximum absolute atomic E-state index is 10.7. The first-order valence-corrected chi connectivity index (χ1v) is 6.58. The Morgan fingerprint density at radius 3 is 2.00 bits per heavy atom. The highest BCUT2D eigenvalue weighted by Crippen LogP contribution is 2.35. The molecule has 2 N–H and O–H groups in total. The van der Waals surface area contributed by atoms with E-state index in [1.54, 1.807) is 12.1 Å². The van der Waals surface area contributed by atoms with Gasteiger partial charge in [-0.2, -0.15) is 0 Å². The van der Waals surface area contributed by atoms with Gasteiger partial charge in [0.15, 0.2) is 0 Å². The molecule has 1 aromatic rings. The molecule has 0 unspecified atom stereocenters. The molecule has 1 aliphatic heterocycles. The average molecular weight is 249 g/mol. The van der Waals surface area contributed by atoms with Crippen LogP contribution in [0.5, 0.6) is 5.75 Å². The molecule has 0 aliphatic carbocycles. The normalized spacial score (nSPS) is 20.9. The Labute approximate surface area is 109 Å². The van der Waals surface area contributed by atoms with Crippen LogP contribution in [-0.2, 0) is 5.60 Å². The van der Waals surface area contributed by atoms with Gasteiger partial charge in [0, 0.05) is 18.6 Å². The number of hydrogen-bond acceptors (Lipinski definition) is 3. The van der Waals surface area contributed by atoms with Crippen molar-refractivity contribution in [3.63, 3.8) is 0 Å². The topological polar surface area (TPSA) is 43.7 Å². The van der Waals surface area contributed by atoms with Crippen molar-refractivity contribution in [2.45, 2.75) is 44.8 Å². The lowest BCUT2D eigenvalue weighted by atomic mass is 9.83. The van der Waals surface area contributed by atoms with Gasteiger partial charge in [-0.05, 0) is 51.3 Å². The summed E-state index contributed by atoms with van der Waals surface area (Å²) in [5.41, 5.74) is 0.333. The summed E-state index contributed by atoms with van der Waals surface area (Å²) in [6, 6.07) is 6.93. The van der Waals surface area contributed by atoms with E-state index in [1.807, 2.05) is 12.1 Å². The van der Waals surface area contributed by atoms with Gasteiger partial charge in [-0.3, -0.25) is 4.90 Å². The second kappa shape index (κ2) is 4.56. The van der Waals surface area contributed by atoms with Gasteiger partial charge in [-0.1, -0.05) is 12.1 Å². The van der Waals surface area contributed by atoms with Crippen LogP contribution in [0.3, 0.4) is 0 Å². The summed E-state index contributed by atoms with van der Waals surface area (Å²) in [7, 11) is 0. The SMILES string of the molecule is CC(C)(C)N1CCC(O)(c2ccc(O)cc2)CC1. The van der Waals surface area contributed by atoms with Crippen LogP contribution < -0.4 is 0 Å². The van der Waals surface area contributed by atoms with Crippen LogP contribution in [-0.4, -0.2) is 33.7 Å². The average Bonchev–Trinajstić information content (AvgIpc) is 2.29. The smallest absolute Gasteiger partial charge is 0.115 e. The summed E-state index contributed by atoms with van der Waals surface area (Å²) >= 11 is 0. The third-order valence-electron chi connectivity index (χ3n) is 3.94. The van der Waals surface area contributed by atoms with Crippen molar-refractivity contribution in [1.82, 2.24) is 4.90 Å². The van der Waals surface area contributed by atoms with Gasteiger partial charge in [0.25, 0.3) is 0 Å². The molecule has 3 heteroatoms. The molecular formula is C15H23NO2. The number of benzene rings is 1. The maximum atomic E-state index is 10.7. The highest BCUT2D eigenvalue weighted by molar-refractivity contribution is 5.30. The zero-order chi connectivity index (χ0) is 13.4. The van der Waals surface area contributed by atoms with Crippen molar-refractivity contribution >= 4 is 0 Å². The van der Waals surface area contributed by atoms with E-state index >= 15 is 0 Å². The minimum absolute atomic E-state index is 0.163. The second-order valence-corrected chi connectivity index (χ2v) is 6.24. The van der Waals surface area contributed by atoms with E-state index in [4.69, 9.17) is 0 Å². The van der Waals surface area contributed by atoms with Gasteiger partial charge in [0.2, 0.25) is 0 Å². The molecule has 1 aromatic carbocycles. The van der Waals surface area contributed by atoms with Crippen LogP contribution in [0.4, 0.5) is 0 Å². The fourth-order valence-corrected chi connectivity index (χ4v) is 2.61. The first kappa shape index (κ1) is 13.4. The van der Waals surface area contributed by atoms with Crippen molar-refractivity contribution in [2.75, 3.05) is 13.1 Å². The molecule has 0 spiro atoms. The predicted octanol–water partition coefficient (Wildman–Crippen LogP) is 2.47. The standard InChI is InChI=1S/C15H23NO2/c1-14(2,3)16-10-8-15(18,9-11-16)12-4-6-13(17)7-5-12/h4-7,17-18H,8-11H2,1-3H3. The van der Waals surface area contributed by atoms with Crippen LogP contribution in [0.1, 0.15) is 39.2 Å². The maximum Gasteiger partial charge on any atom is 0.115 e. The minimum Gasteiger partial charge on any atom is -0.508 e. The molecule has 1 fully saturated rings. The molecule has 18 heavy (non-hydrogen) atoms. The number of likely N-dealkylation sites (tertiary alicyclic amines) is 1. The number of hydrogen-bond donors (Lipinski definition) is 2. The Kier molecular flexibility index (Phi) is 3.39. The molecule has 2 rings (SSSR count). The first-order valence-electron chi connectivity index (χ1n) is 6.58. The van der Waals surface area contributed by atoms with Crippen molar-refractivity contribution in [3.05, 3.63) is 29.8 Å². The highest BCUT2D eigenvalue weighted by Gasteiger charge is 2.36. The van der Waals surface area contributed by atoms with E-state index in [2.05, 4.69) is 25.7 Å². The number of aromatic hydroxyl groups is 1. The largest absolute Gasteiger partial charge is 0.508 e. The van der Waals surface area contributed by atoms with Gasteiger partial charge in [-0.15, -0.1) is 0 Å². The first-order chi connectivity index (χ1) is 8.31. The lowest BCUT2D eigenvalue weighted by Crippen LogP contribution is -2.50. The lowest BCUT2D eigenvalue weighted by molar-refractivity contribution is -0.0461. The number of phenols is 1. The Balaban J connectivity index is 2.10. The molecule has 0 bridgehead atoms. The predicted molar refractivity (Wildman–Crippen MR) is 72.6 cm³/mol. The van der Waals surface area contributed by atoms with Gasteiger partial charge >= 0.3 is 0 Å². The second-order valence-electron chi connectivity index (χ2n) is 6.24. The fourth-order valence-electron chi connectivity index (χ4n) is 2.61. The molecule has 0 radical (unpaired) electrons. The van der Waals surface area contributed by atoms with Crippen molar-refractivity contribution in [2.24, 2.45) is 0 Å². The van der Waals surface area contributed by atoms with E-state index in [1.165, 1.54) is 0 Å². The minimum atomic E-state index is -0.741. The number of aliphatic hydroxyl groups is 1. The summed E-state index contributed by atoms with van der Waals surface area (Å²) in [6.45, 7) is 8.43. The molecule has 3 nitrogen and oxygen atoms in total. The molecule has 0 aromatic heterocycles. The quantitative estimate of drug-likeness (QED) is 0.803. The van der Waals surface area contributed by atoms with Gasteiger partial charge < -0.3 is 10.2 Å². The summed E-state index contributed by atoms with van der Waals surface area (Å²) in [4.78, 5) is 2.40. The van der Waals surface area contributed by atoms with Crippen LogP contribution >= 0.6 is 0 Å². The zero-order valence-corrected chi connectivity index (χ0v) is 11.5. The summed E-state index contributed by atoms with van der Waals surface area (Å²) in [6.07, 6.45) is 1.49. The van der Waals surface area contributed by atoms with Crippen LogP contribution in [0, 0.1) is 0 Å². The Morgan fingerprint density at radius 2 is 1.56 bits per heavy atom. The number of phenolic OH excluding ortho intramolecular Hbond substituents is 1. The summed E-state index contributed by atoms with van der Waals surface area (Å²) < 4.78 is 0. The van der Waals surface area contributed by atoms with Crippen LogP contribution in [0.15, 0.2) is 24.3 Å². The lowest BCUT2D eigenvalue weighted by Gasteiger charge is -2.44. The molecule has 0 saturated carbocycles. The summed E-state index contributed by atoms with van der Waals surface area (Å²) in [5, 5.41) is 20.0. The van der Waals surface area contributed by atoms with Crippen LogP contribution in [0.2, 0.25) is 0 Å². The van der Waals surface area contributed by atoms with Crippen LogP contribution in [0.25, 0.3) is 0 Å². The van der Waals surface area contributed by atoms with E-state index < -0.39 is 5.60 Å². The van der Waals surface area contributed by atoms with Crippen molar-refractivity contribution in [3.8, 4) is 5.75 Å². The Hall–Kier alpha value is -1.06. The van der Waals surface area contributed by atoms with Gasteiger partial charge in [-0.25, -0.2) is 0 Å². The fraction of sp³-hybridized carbons (Fsp3) is 0.600.